The average Bonchev–Trinajstić information content (AvgIpc) is 2.76. The monoisotopic (exact) mass is 279 g/mol. The van der Waals surface area contributed by atoms with Gasteiger partial charge in [0.2, 0.25) is 11.8 Å². The van der Waals surface area contributed by atoms with Gasteiger partial charge in [-0.25, -0.2) is 13.8 Å². The van der Waals surface area contributed by atoms with Crippen molar-refractivity contribution in [1.82, 2.24) is 9.99 Å². The Morgan fingerprint density at radius 2 is 2.15 bits per heavy atom. The summed E-state index contributed by atoms with van der Waals surface area (Å²) in [6.07, 6.45) is 2.15. The second-order valence-corrected chi connectivity index (χ2v) is 5.32. The maximum Gasteiger partial charge on any atom is 0.249 e. The van der Waals surface area contributed by atoms with Crippen LogP contribution in [0.25, 0.3) is 0 Å². The van der Waals surface area contributed by atoms with Crippen molar-refractivity contribution in [3.05, 3.63) is 30.1 Å². The van der Waals surface area contributed by atoms with Gasteiger partial charge in [0.25, 0.3) is 0 Å². The summed E-state index contributed by atoms with van der Waals surface area (Å²) in [6.45, 7) is 0.447. The Morgan fingerprint density at radius 3 is 2.80 bits per heavy atom. The lowest BCUT2D eigenvalue weighted by Crippen LogP contribution is -2.39. The van der Waals surface area contributed by atoms with Gasteiger partial charge in [0.1, 0.15) is 0 Å². The van der Waals surface area contributed by atoms with Gasteiger partial charge in [0.05, 0.1) is 18.7 Å². The van der Waals surface area contributed by atoms with Crippen molar-refractivity contribution in [3.63, 3.8) is 0 Å². The molecule has 1 aromatic heterocycles. The fraction of sp³-hybridized carbons (Fsp3) is 0.500. The van der Waals surface area contributed by atoms with E-state index in [1.54, 1.807) is 6.20 Å². The molecule has 1 saturated carbocycles. The zero-order valence-electron chi connectivity index (χ0n) is 10.9. The highest BCUT2D eigenvalue weighted by atomic mass is 19.3. The van der Waals surface area contributed by atoms with E-state index >= 15 is 0 Å². The Hall–Kier alpha value is -1.85. The second-order valence-electron chi connectivity index (χ2n) is 5.32. The number of nitrogens with zero attached hydrogens (tertiary/aromatic N) is 3. The first-order valence-electron chi connectivity index (χ1n) is 6.69. The molecule has 0 saturated heterocycles. The summed E-state index contributed by atoms with van der Waals surface area (Å²) in [5, 5.41) is 5.60. The largest absolute Gasteiger partial charge is 0.273 e. The predicted molar refractivity (Wildman–Crippen MR) is 69.4 cm³/mol. The van der Waals surface area contributed by atoms with E-state index in [1.807, 2.05) is 18.2 Å². The number of pyridine rings is 1. The molecule has 0 N–H and O–H groups in total. The molecule has 1 amide bonds. The van der Waals surface area contributed by atoms with Crippen molar-refractivity contribution in [2.24, 2.45) is 11.0 Å². The van der Waals surface area contributed by atoms with Crippen LogP contribution in [0.2, 0.25) is 0 Å². The van der Waals surface area contributed by atoms with Gasteiger partial charge in [0, 0.05) is 37.1 Å². The van der Waals surface area contributed by atoms with Crippen LogP contribution in [-0.2, 0) is 11.2 Å². The summed E-state index contributed by atoms with van der Waals surface area (Å²) in [6, 6.07) is 5.61. The molecule has 2 aliphatic rings. The van der Waals surface area contributed by atoms with Crippen LogP contribution in [0, 0.1) is 5.92 Å². The zero-order valence-corrected chi connectivity index (χ0v) is 10.9. The maximum absolute atomic E-state index is 12.8. The molecular formula is C14H15F2N3O. The molecule has 0 aromatic carbocycles. The van der Waals surface area contributed by atoms with E-state index in [9.17, 15) is 13.6 Å². The van der Waals surface area contributed by atoms with E-state index < -0.39 is 5.92 Å². The van der Waals surface area contributed by atoms with E-state index in [0.29, 0.717) is 18.7 Å². The summed E-state index contributed by atoms with van der Waals surface area (Å²) >= 11 is 0. The van der Waals surface area contributed by atoms with Gasteiger partial charge in [-0.05, 0) is 12.1 Å². The summed E-state index contributed by atoms with van der Waals surface area (Å²) in [5.41, 5.74) is 1.50. The fourth-order valence-corrected chi connectivity index (χ4v) is 2.56. The molecule has 1 aromatic rings. The van der Waals surface area contributed by atoms with Gasteiger partial charge in [-0.2, -0.15) is 5.10 Å². The van der Waals surface area contributed by atoms with Crippen molar-refractivity contribution >= 4 is 11.6 Å². The van der Waals surface area contributed by atoms with Crippen LogP contribution in [0.3, 0.4) is 0 Å². The molecule has 0 unspecified atom stereocenters. The van der Waals surface area contributed by atoms with Crippen molar-refractivity contribution in [3.8, 4) is 0 Å². The SMILES string of the molecule is O=C1CC(C2CC(F)(F)C2)=NN1CCc1ccccn1. The zero-order chi connectivity index (χ0) is 14.2. The van der Waals surface area contributed by atoms with Gasteiger partial charge in [-0.15, -0.1) is 0 Å². The van der Waals surface area contributed by atoms with Crippen molar-refractivity contribution in [2.75, 3.05) is 6.54 Å². The molecular weight excluding hydrogens is 264 g/mol. The number of hydrogen-bond acceptors (Lipinski definition) is 3. The van der Waals surface area contributed by atoms with Crippen LogP contribution in [0.5, 0.6) is 0 Å². The average molecular weight is 279 g/mol. The van der Waals surface area contributed by atoms with Gasteiger partial charge >= 0.3 is 0 Å². The van der Waals surface area contributed by atoms with E-state index in [1.165, 1.54) is 5.01 Å². The van der Waals surface area contributed by atoms with Crippen molar-refractivity contribution < 1.29 is 13.6 Å². The molecule has 1 aliphatic carbocycles. The lowest BCUT2D eigenvalue weighted by molar-refractivity contribution is -0.128. The number of rotatable bonds is 4. The number of hydrogen-bond donors (Lipinski definition) is 0. The van der Waals surface area contributed by atoms with Crippen LogP contribution in [0.15, 0.2) is 29.5 Å². The lowest BCUT2D eigenvalue weighted by Gasteiger charge is -2.34. The minimum atomic E-state index is -2.57. The third-order valence-corrected chi connectivity index (χ3v) is 3.74. The van der Waals surface area contributed by atoms with Crippen molar-refractivity contribution in [2.45, 2.75) is 31.6 Å². The summed E-state index contributed by atoms with van der Waals surface area (Å²) < 4.78 is 25.7. The van der Waals surface area contributed by atoms with Crippen LogP contribution in [0.1, 0.15) is 25.0 Å². The highest BCUT2D eigenvalue weighted by Crippen LogP contribution is 2.44. The summed E-state index contributed by atoms with van der Waals surface area (Å²) in [7, 11) is 0. The smallest absolute Gasteiger partial charge is 0.249 e. The van der Waals surface area contributed by atoms with Crippen LogP contribution in [-0.4, -0.2) is 34.1 Å². The molecule has 20 heavy (non-hydrogen) atoms. The number of aromatic nitrogens is 1. The quantitative estimate of drug-likeness (QED) is 0.848. The highest BCUT2D eigenvalue weighted by Gasteiger charge is 2.49. The Bertz CT molecular complexity index is 537. The van der Waals surface area contributed by atoms with E-state index in [0.717, 1.165) is 5.69 Å². The number of carbonyl (C=O) groups excluding carboxylic acids is 1. The predicted octanol–water partition coefficient (Wildman–Crippen LogP) is 2.26. The van der Waals surface area contributed by atoms with Gasteiger partial charge < -0.3 is 0 Å². The number of halogens is 2. The van der Waals surface area contributed by atoms with Crippen LogP contribution < -0.4 is 0 Å². The van der Waals surface area contributed by atoms with Gasteiger partial charge in [0.15, 0.2) is 0 Å². The Balaban J connectivity index is 1.57. The third kappa shape index (κ3) is 2.69. The first-order chi connectivity index (χ1) is 9.53. The highest BCUT2D eigenvalue weighted by molar-refractivity contribution is 6.06. The fourth-order valence-electron chi connectivity index (χ4n) is 2.56. The Kier molecular flexibility index (Phi) is 3.23. The molecule has 1 fully saturated rings. The number of carbonyl (C=O) groups is 1. The molecule has 6 heteroatoms. The first kappa shape index (κ1) is 13.1. The molecule has 1 aliphatic heterocycles. The summed E-state index contributed by atoms with van der Waals surface area (Å²) in [5.74, 6) is -2.91. The molecule has 0 spiro atoms. The molecule has 0 atom stereocenters. The third-order valence-electron chi connectivity index (χ3n) is 3.74. The van der Waals surface area contributed by atoms with Crippen LogP contribution >= 0.6 is 0 Å². The number of amides is 1. The van der Waals surface area contributed by atoms with E-state index in [2.05, 4.69) is 10.1 Å². The number of alkyl halides is 2. The topological polar surface area (TPSA) is 45.6 Å². The molecule has 0 bridgehead atoms. The first-order valence-corrected chi connectivity index (χ1v) is 6.69. The Morgan fingerprint density at radius 1 is 1.35 bits per heavy atom. The summed E-state index contributed by atoms with van der Waals surface area (Å²) in [4.78, 5) is 16.0. The van der Waals surface area contributed by atoms with E-state index in [4.69, 9.17) is 0 Å². The minimum absolute atomic E-state index is 0.105. The maximum atomic E-state index is 12.8. The minimum Gasteiger partial charge on any atom is -0.273 e. The lowest BCUT2D eigenvalue weighted by atomic mass is 9.77. The van der Waals surface area contributed by atoms with E-state index in [-0.39, 0.29) is 31.1 Å². The standard InChI is InChI=1S/C14H15F2N3O/c15-14(16)8-10(9-14)12-7-13(20)19(18-12)6-4-11-3-1-2-5-17-11/h1-3,5,10H,4,6-9H2. The second kappa shape index (κ2) is 4.92. The molecule has 3 rings (SSSR count). The van der Waals surface area contributed by atoms with Gasteiger partial charge in [-0.3, -0.25) is 9.78 Å². The van der Waals surface area contributed by atoms with Crippen molar-refractivity contribution in [1.29, 1.82) is 0 Å². The Labute approximate surface area is 115 Å². The molecule has 2 heterocycles. The number of hydrazone groups is 1. The van der Waals surface area contributed by atoms with Gasteiger partial charge in [-0.1, -0.05) is 6.07 Å². The molecule has 0 radical (unpaired) electrons. The molecule has 106 valence electrons. The molecule has 4 nitrogen and oxygen atoms in total. The normalized spacial score (nSPS) is 21.8. The van der Waals surface area contributed by atoms with Crippen LogP contribution in [0.4, 0.5) is 8.78 Å².